The monoisotopic (exact) mass is 537 g/mol. The molecule has 0 fully saturated rings. The minimum absolute atomic E-state index is 0.123. The first-order valence-electron chi connectivity index (χ1n) is 12.1. The van der Waals surface area contributed by atoms with Crippen LogP contribution in [-0.4, -0.2) is 33.1 Å². The van der Waals surface area contributed by atoms with E-state index >= 15 is 0 Å². The Balaban J connectivity index is 1.20. The molecule has 11 heteroatoms. The van der Waals surface area contributed by atoms with Gasteiger partial charge in [-0.25, -0.2) is 13.8 Å². The second kappa shape index (κ2) is 10.3. The summed E-state index contributed by atoms with van der Waals surface area (Å²) in [7, 11) is 0. The highest BCUT2D eigenvalue weighted by molar-refractivity contribution is 7.17. The van der Waals surface area contributed by atoms with Crippen molar-refractivity contribution in [2.24, 2.45) is 11.7 Å². The lowest BCUT2D eigenvalue weighted by Gasteiger charge is -2.18. The van der Waals surface area contributed by atoms with E-state index in [0.29, 0.717) is 12.1 Å². The van der Waals surface area contributed by atoms with E-state index in [4.69, 9.17) is 10.7 Å². The normalized spacial score (nSPS) is 15.6. The van der Waals surface area contributed by atoms with Crippen molar-refractivity contribution in [3.8, 4) is 11.3 Å². The predicted molar refractivity (Wildman–Crippen MR) is 140 cm³/mol. The third-order valence-corrected chi connectivity index (χ3v) is 7.69. The molecule has 0 radical (unpaired) electrons. The summed E-state index contributed by atoms with van der Waals surface area (Å²) in [6.45, 7) is 1.53. The molecule has 2 aromatic heterocycles. The Hall–Kier alpha value is -4.12. The summed E-state index contributed by atoms with van der Waals surface area (Å²) in [5, 5.41) is 5.29. The van der Waals surface area contributed by atoms with Gasteiger partial charge in [0.25, 0.3) is 0 Å². The van der Waals surface area contributed by atoms with Gasteiger partial charge in [-0.1, -0.05) is 12.1 Å². The van der Waals surface area contributed by atoms with E-state index in [-0.39, 0.29) is 23.8 Å². The van der Waals surface area contributed by atoms with Crippen LogP contribution in [0.15, 0.2) is 48.7 Å². The Kier molecular flexibility index (Phi) is 6.94. The molecule has 0 aliphatic heterocycles. The molecule has 8 nitrogen and oxygen atoms in total. The molecule has 2 atom stereocenters. The number of benzene rings is 2. The number of anilines is 1. The molecule has 196 valence electrons. The van der Waals surface area contributed by atoms with Gasteiger partial charge in [0.2, 0.25) is 17.7 Å². The minimum Gasteiger partial charge on any atom is -0.369 e. The van der Waals surface area contributed by atoms with Crippen molar-refractivity contribution in [2.45, 2.75) is 38.6 Å². The lowest BCUT2D eigenvalue weighted by atomic mass is 9.90. The molecule has 2 heterocycles. The van der Waals surface area contributed by atoms with Crippen LogP contribution in [0.5, 0.6) is 0 Å². The van der Waals surface area contributed by atoms with Crippen LogP contribution in [0.3, 0.4) is 0 Å². The van der Waals surface area contributed by atoms with E-state index in [0.717, 1.165) is 52.1 Å². The molecule has 1 aliphatic rings. The summed E-state index contributed by atoms with van der Waals surface area (Å²) < 4.78 is 28.7. The van der Waals surface area contributed by atoms with Crippen molar-refractivity contribution in [2.75, 3.05) is 5.32 Å². The van der Waals surface area contributed by atoms with Gasteiger partial charge in [-0.05, 0) is 56.0 Å². The van der Waals surface area contributed by atoms with Crippen LogP contribution in [0.1, 0.15) is 29.5 Å². The molecular formula is C27H25F2N5O3S. The number of primary amides is 1. The second-order valence-corrected chi connectivity index (χ2v) is 10.5. The number of amides is 3. The first-order chi connectivity index (χ1) is 18.2. The van der Waals surface area contributed by atoms with Crippen molar-refractivity contribution >= 4 is 39.7 Å². The van der Waals surface area contributed by atoms with Crippen molar-refractivity contribution in [3.05, 3.63) is 76.4 Å². The molecule has 1 aliphatic carbocycles. The first kappa shape index (κ1) is 25.5. The van der Waals surface area contributed by atoms with Gasteiger partial charge < -0.3 is 16.4 Å². The van der Waals surface area contributed by atoms with Crippen molar-refractivity contribution in [3.63, 3.8) is 0 Å². The van der Waals surface area contributed by atoms with Crippen LogP contribution in [-0.2, 0) is 33.6 Å². The largest absolute Gasteiger partial charge is 0.369 e. The summed E-state index contributed by atoms with van der Waals surface area (Å²) in [6, 6.07) is 9.21. The topological polar surface area (TPSA) is 119 Å². The molecule has 4 N–H and O–H groups in total. The quantitative estimate of drug-likeness (QED) is 0.334. The lowest BCUT2D eigenvalue weighted by Crippen LogP contribution is -2.42. The third kappa shape index (κ3) is 5.42. The molecule has 1 unspecified atom stereocenters. The van der Waals surface area contributed by atoms with Gasteiger partial charge in [0.15, 0.2) is 4.96 Å². The summed E-state index contributed by atoms with van der Waals surface area (Å²) >= 11 is 1.57. The number of nitrogens with one attached hydrogen (secondary N) is 2. The number of hydrogen-bond acceptors (Lipinski definition) is 5. The average Bonchev–Trinajstić information content (AvgIpc) is 3.41. The number of halogens is 2. The van der Waals surface area contributed by atoms with Gasteiger partial charge in [0.1, 0.15) is 17.7 Å². The number of aromatic nitrogens is 2. The Bertz CT molecular complexity index is 1530. The summed E-state index contributed by atoms with van der Waals surface area (Å²) in [5.74, 6) is -2.88. The van der Waals surface area contributed by atoms with E-state index < -0.39 is 29.5 Å². The maximum Gasteiger partial charge on any atom is 0.246 e. The van der Waals surface area contributed by atoms with Crippen LogP contribution < -0.4 is 16.4 Å². The van der Waals surface area contributed by atoms with Gasteiger partial charge in [-0.2, -0.15) is 0 Å². The van der Waals surface area contributed by atoms with Gasteiger partial charge in [-0.3, -0.25) is 18.8 Å². The molecule has 0 spiro atoms. The molecule has 0 saturated heterocycles. The van der Waals surface area contributed by atoms with Crippen molar-refractivity contribution in [1.82, 2.24) is 14.7 Å². The van der Waals surface area contributed by atoms with Gasteiger partial charge >= 0.3 is 0 Å². The third-order valence-electron chi connectivity index (χ3n) is 6.57. The number of hydrogen-bond donors (Lipinski definition) is 3. The van der Waals surface area contributed by atoms with Gasteiger partial charge in [0.05, 0.1) is 12.1 Å². The number of aryl methyl sites for hydroxylation is 1. The predicted octanol–water partition coefficient (Wildman–Crippen LogP) is 3.62. The number of carbonyl (C=O) groups excluding carboxylic acids is 3. The zero-order valence-corrected chi connectivity index (χ0v) is 21.3. The maximum absolute atomic E-state index is 13.3. The number of carbonyl (C=O) groups is 3. The zero-order chi connectivity index (χ0) is 27.0. The summed E-state index contributed by atoms with van der Waals surface area (Å²) in [4.78, 5) is 43.1. The maximum atomic E-state index is 13.3. The molecular weight excluding hydrogens is 512 g/mol. The zero-order valence-electron chi connectivity index (χ0n) is 20.5. The van der Waals surface area contributed by atoms with Crippen LogP contribution in [0.4, 0.5) is 14.5 Å². The number of imidazole rings is 1. The first-order valence-corrected chi connectivity index (χ1v) is 12.9. The Morgan fingerprint density at radius 3 is 2.55 bits per heavy atom. The lowest BCUT2D eigenvalue weighted by molar-refractivity contribution is -0.125. The van der Waals surface area contributed by atoms with E-state index in [9.17, 15) is 23.2 Å². The highest BCUT2D eigenvalue weighted by Gasteiger charge is 2.27. The van der Waals surface area contributed by atoms with Gasteiger partial charge in [0, 0.05) is 40.0 Å². The number of rotatable bonds is 7. The Labute approximate surface area is 220 Å². The fourth-order valence-electron chi connectivity index (χ4n) is 4.60. The highest BCUT2D eigenvalue weighted by atomic mass is 32.1. The number of fused-ring (bicyclic) bond motifs is 3. The van der Waals surface area contributed by atoms with Crippen LogP contribution in [0.25, 0.3) is 16.2 Å². The van der Waals surface area contributed by atoms with Gasteiger partial charge in [-0.15, -0.1) is 11.3 Å². The van der Waals surface area contributed by atoms with E-state index in [1.807, 2.05) is 18.3 Å². The average molecular weight is 538 g/mol. The molecule has 0 saturated carbocycles. The Morgan fingerprint density at radius 2 is 1.87 bits per heavy atom. The fraction of sp³-hybridized carbons (Fsp3) is 0.259. The highest BCUT2D eigenvalue weighted by Crippen LogP contribution is 2.34. The van der Waals surface area contributed by atoms with Crippen molar-refractivity contribution < 1.29 is 23.2 Å². The summed E-state index contributed by atoms with van der Waals surface area (Å²) in [5.41, 5.74) is 9.05. The molecule has 0 bridgehead atoms. The van der Waals surface area contributed by atoms with Crippen LogP contribution >= 0.6 is 11.3 Å². The number of nitrogens with zero attached hydrogens (tertiary/aromatic N) is 2. The molecule has 38 heavy (non-hydrogen) atoms. The smallest absolute Gasteiger partial charge is 0.246 e. The molecule has 2 aromatic carbocycles. The van der Waals surface area contributed by atoms with Crippen molar-refractivity contribution in [1.29, 1.82) is 0 Å². The molecule has 5 rings (SSSR count). The van der Waals surface area contributed by atoms with Crippen LogP contribution in [0, 0.1) is 17.6 Å². The fourth-order valence-corrected chi connectivity index (χ4v) is 5.83. The second-order valence-electron chi connectivity index (χ2n) is 9.40. The standard InChI is InChI=1S/C27H25F2N5O3S/c1-14(31-24(35)10-15-8-18(28)12-19(29)9-15)26(37)32-20-5-2-16(3-6-20)21-13-34-22-7-4-17(25(30)36)11-23(22)38-27(34)33-21/h2-3,5-6,8-9,12-14,17H,4,7,10-11H2,1H3,(H2,30,36)(H,31,35)(H,32,37)/t14-,17?/m0/s1. The van der Waals surface area contributed by atoms with E-state index in [1.165, 1.54) is 12.6 Å². The van der Waals surface area contributed by atoms with E-state index in [1.54, 1.807) is 23.5 Å². The minimum atomic E-state index is -0.860. The SMILES string of the molecule is C[C@H](NC(=O)Cc1cc(F)cc(F)c1)C(=O)Nc1ccc(-c2cn3c4c(sc3n2)CC(C(N)=O)CC4)cc1. The Morgan fingerprint density at radius 1 is 1.16 bits per heavy atom. The number of thiazole rings is 1. The molecule has 4 aromatic rings. The van der Waals surface area contributed by atoms with Crippen LogP contribution in [0.2, 0.25) is 0 Å². The van der Waals surface area contributed by atoms with E-state index in [2.05, 4.69) is 15.0 Å². The summed E-state index contributed by atoms with van der Waals surface area (Å²) in [6.07, 6.45) is 3.89. The molecule has 3 amide bonds. The number of nitrogens with two attached hydrogens (primary N) is 1.